The van der Waals surface area contributed by atoms with Crippen molar-refractivity contribution >= 4 is 28.8 Å². The van der Waals surface area contributed by atoms with E-state index in [1.165, 1.54) is 5.56 Å². The molecule has 0 aliphatic carbocycles. The number of ether oxygens (including phenoxy) is 3. The summed E-state index contributed by atoms with van der Waals surface area (Å²) >= 11 is 0. The molecule has 1 amide bonds. The summed E-state index contributed by atoms with van der Waals surface area (Å²) in [6.07, 6.45) is 4.31. The Bertz CT molecular complexity index is 1590. The Morgan fingerprint density at radius 1 is 1.05 bits per heavy atom. The summed E-state index contributed by atoms with van der Waals surface area (Å²) < 4.78 is 16.4. The molecule has 1 saturated heterocycles. The average molecular weight is 587 g/mol. The normalized spacial score (nSPS) is 17.2. The second-order valence-electron chi connectivity index (χ2n) is 11.9. The number of nitrogens with zero attached hydrogens (tertiary/aromatic N) is 7. The Balaban J connectivity index is 1.18. The molecule has 1 fully saturated rings. The molecule has 0 spiro atoms. The summed E-state index contributed by atoms with van der Waals surface area (Å²) in [6.45, 7) is 11.3. The van der Waals surface area contributed by atoms with E-state index in [9.17, 15) is 4.79 Å². The standard InChI is InChI=1S/C31H38N8O4/c1-20-27-23-16-25(22-8-6-7-9-26(22)42-19-41-5)35-36-28(23)34-24(27)10-11-39(20)29-32-17-21(18-33-29)37-12-14-38(15-13-37)30(40)43-31(2,3)4/h6-9,16-18,20H,10-15,19H2,1-5H3,(H,34,36)/t20-/m0/s1. The van der Waals surface area contributed by atoms with Gasteiger partial charge in [0.2, 0.25) is 5.95 Å². The van der Waals surface area contributed by atoms with E-state index >= 15 is 0 Å². The summed E-state index contributed by atoms with van der Waals surface area (Å²) in [5, 5.41) is 10.1. The van der Waals surface area contributed by atoms with Gasteiger partial charge in [-0.15, -0.1) is 10.2 Å². The summed E-state index contributed by atoms with van der Waals surface area (Å²) in [5.74, 6) is 1.38. The molecule has 5 heterocycles. The van der Waals surface area contributed by atoms with E-state index in [1.54, 1.807) is 12.0 Å². The lowest BCUT2D eigenvalue weighted by atomic mass is 9.97. The lowest BCUT2D eigenvalue weighted by molar-refractivity contribution is 0.0240. The molecule has 1 N–H and O–H groups in total. The third-order valence-corrected chi connectivity index (χ3v) is 7.84. The first-order valence-corrected chi connectivity index (χ1v) is 14.6. The van der Waals surface area contributed by atoms with E-state index < -0.39 is 5.60 Å². The van der Waals surface area contributed by atoms with Gasteiger partial charge in [0.15, 0.2) is 12.4 Å². The van der Waals surface area contributed by atoms with Crippen molar-refractivity contribution in [2.24, 2.45) is 0 Å². The molecule has 226 valence electrons. The zero-order valence-electron chi connectivity index (χ0n) is 25.3. The van der Waals surface area contributed by atoms with Gasteiger partial charge in [-0.2, -0.15) is 0 Å². The maximum atomic E-state index is 12.4. The van der Waals surface area contributed by atoms with Gasteiger partial charge in [-0.3, -0.25) is 0 Å². The Hall–Kier alpha value is -4.45. The van der Waals surface area contributed by atoms with Crippen LogP contribution in [0, 0.1) is 0 Å². The van der Waals surface area contributed by atoms with Gasteiger partial charge in [-0.1, -0.05) is 12.1 Å². The molecule has 6 rings (SSSR count). The summed E-state index contributed by atoms with van der Waals surface area (Å²) in [7, 11) is 1.60. The second kappa shape index (κ2) is 11.7. The van der Waals surface area contributed by atoms with Crippen LogP contribution in [0.2, 0.25) is 0 Å². The summed E-state index contributed by atoms with van der Waals surface area (Å²) in [4.78, 5) is 31.7. The highest BCUT2D eigenvalue weighted by molar-refractivity contribution is 5.86. The number of piperazine rings is 1. The van der Waals surface area contributed by atoms with Crippen molar-refractivity contribution < 1.29 is 19.0 Å². The zero-order valence-corrected chi connectivity index (χ0v) is 25.3. The van der Waals surface area contributed by atoms with Crippen molar-refractivity contribution in [3.63, 3.8) is 0 Å². The molecule has 4 aromatic rings. The van der Waals surface area contributed by atoms with Gasteiger partial charge in [0.25, 0.3) is 0 Å². The van der Waals surface area contributed by atoms with Crippen LogP contribution in [0.3, 0.4) is 0 Å². The highest BCUT2D eigenvalue weighted by Gasteiger charge is 2.31. The molecule has 0 bridgehead atoms. The van der Waals surface area contributed by atoms with Crippen LogP contribution in [-0.4, -0.2) is 88.4 Å². The van der Waals surface area contributed by atoms with Crippen LogP contribution in [0.4, 0.5) is 16.4 Å². The smallest absolute Gasteiger partial charge is 0.410 e. The first kappa shape index (κ1) is 28.7. The van der Waals surface area contributed by atoms with Gasteiger partial charge in [0.1, 0.15) is 11.4 Å². The van der Waals surface area contributed by atoms with Crippen molar-refractivity contribution in [3.8, 4) is 17.0 Å². The second-order valence-corrected chi connectivity index (χ2v) is 11.9. The van der Waals surface area contributed by atoms with Crippen LogP contribution in [0.15, 0.2) is 42.7 Å². The van der Waals surface area contributed by atoms with Crippen LogP contribution >= 0.6 is 0 Å². The molecule has 1 aromatic carbocycles. The lowest BCUT2D eigenvalue weighted by Crippen LogP contribution is -2.50. The largest absolute Gasteiger partial charge is 0.467 e. The first-order chi connectivity index (χ1) is 20.7. The van der Waals surface area contributed by atoms with Crippen molar-refractivity contribution in [2.45, 2.75) is 45.8 Å². The molecule has 3 aromatic heterocycles. The summed E-state index contributed by atoms with van der Waals surface area (Å²) in [6, 6.07) is 9.86. The van der Waals surface area contributed by atoms with Crippen molar-refractivity contribution in [1.29, 1.82) is 0 Å². The number of carbonyl (C=O) groups excluding carboxylic acids is 1. The number of aromatic nitrogens is 5. The Morgan fingerprint density at radius 2 is 1.79 bits per heavy atom. The molecular weight excluding hydrogens is 548 g/mol. The summed E-state index contributed by atoms with van der Waals surface area (Å²) in [5.41, 5.74) is 5.13. The number of carbonyl (C=O) groups is 1. The number of H-pyrrole nitrogens is 1. The number of nitrogens with one attached hydrogen (secondary N) is 1. The number of anilines is 2. The van der Waals surface area contributed by atoms with E-state index in [-0.39, 0.29) is 18.9 Å². The van der Waals surface area contributed by atoms with Gasteiger partial charge in [0, 0.05) is 68.5 Å². The Kier molecular flexibility index (Phi) is 7.78. The van der Waals surface area contributed by atoms with Crippen LogP contribution in [0.5, 0.6) is 5.75 Å². The number of rotatable bonds is 6. The number of para-hydroxylation sites is 1. The van der Waals surface area contributed by atoms with Gasteiger partial charge in [-0.05, 0) is 45.9 Å². The van der Waals surface area contributed by atoms with Crippen LogP contribution in [0.25, 0.3) is 22.3 Å². The molecule has 0 unspecified atom stereocenters. The number of fused-ring (bicyclic) bond motifs is 3. The molecule has 0 saturated carbocycles. The van der Waals surface area contributed by atoms with Gasteiger partial charge in [-0.25, -0.2) is 14.8 Å². The van der Waals surface area contributed by atoms with Crippen LogP contribution in [-0.2, 0) is 15.9 Å². The van der Waals surface area contributed by atoms with Crippen LogP contribution in [0.1, 0.15) is 45.0 Å². The molecule has 0 radical (unpaired) electrons. The minimum Gasteiger partial charge on any atom is -0.467 e. The van der Waals surface area contributed by atoms with Gasteiger partial charge in [0.05, 0.1) is 29.8 Å². The predicted molar refractivity (Wildman–Crippen MR) is 163 cm³/mol. The number of hydrogen-bond donors (Lipinski definition) is 1. The van der Waals surface area contributed by atoms with Gasteiger partial charge < -0.3 is 33.9 Å². The topological polar surface area (TPSA) is 122 Å². The molecule has 12 nitrogen and oxygen atoms in total. The number of amides is 1. The van der Waals surface area contributed by atoms with E-state index in [0.29, 0.717) is 37.9 Å². The van der Waals surface area contributed by atoms with E-state index in [0.717, 1.165) is 46.6 Å². The fourth-order valence-electron chi connectivity index (χ4n) is 5.75. The van der Waals surface area contributed by atoms with E-state index in [4.69, 9.17) is 24.2 Å². The fraction of sp³-hybridized carbons (Fsp3) is 0.452. The molecule has 12 heteroatoms. The highest BCUT2D eigenvalue weighted by atomic mass is 16.7. The highest BCUT2D eigenvalue weighted by Crippen LogP contribution is 2.38. The van der Waals surface area contributed by atoms with E-state index in [1.807, 2.05) is 57.4 Å². The minimum atomic E-state index is -0.503. The molecule has 2 aliphatic heterocycles. The van der Waals surface area contributed by atoms with Crippen molar-refractivity contribution in [2.75, 3.05) is 56.4 Å². The molecule has 43 heavy (non-hydrogen) atoms. The number of aromatic amines is 1. The quantitative estimate of drug-likeness (QED) is 0.321. The third kappa shape index (κ3) is 5.92. The monoisotopic (exact) mass is 586 g/mol. The Morgan fingerprint density at radius 3 is 2.51 bits per heavy atom. The van der Waals surface area contributed by atoms with Gasteiger partial charge >= 0.3 is 6.09 Å². The predicted octanol–water partition coefficient (Wildman–Crippen LogP) is 4.58. The van der Waals surface area contributed by atoms with E-state index in [2.05, 4.69) is 38.0 Å². The first-order valence-electron chi connectivity index (χ1n) is 14.6. The fourth-order valence-corrected chi connectivity index (χ4v) is 5.75. The SMILES string of the molecule is COCOc1ccccc1-c1cc2c3c([nH]c2nn1)CCN(c1ncc(N2CCN(C(=O)OC(C)(C)C)CC2)cn1)[C@H]3C. The number of benzene rings is 1. The average Bonchev–Trinajstić information content (AvgIpc) is 3.38. The van der Waals surface area contributed by atoms with Crippen molar-refractivity contribution in [3.05, 3.63) is 54.0 Å². The number of hydrogen-bond acceptors (Lipinski definition) is 10. The zero-order chi connectivity index (χ0) is 30.1. The minimum absolute atomic E-state index is 0.0257. The van der Waals surface area contributed by atoms with Crippen LogP contribution < -0.4 is 14.5 Å². The maximum Gasteiger partial charge on any atom is 0.410 e. The van der Waals surface area contributed by atoms with Crippen molar-refractivity contribution in [1.82, 2.24) is 30.0 Å². The molecule has 1 atom stereocenters. The maximum absolute atomic E-state index is 12.4. The third-order valence-electron chi connectivity index (χ3n) is 7.84. The Labute approximate surface area is 251 Å². The number of methoxy groups -OCH3 is 1. The molecular formula is C31H38N8O4. The molecule has 2 aliphatic rings. The lowest BCUT2D eigenvalue weighted by Gasteiger charge is -2.37.